The van der Waals surface area contributed by atoms with Crippen LogP contribution in [0.5, 0.6) is 0 Å². The van der Waals surface area contributed by atoms with Crippen molar-refractivity contribution in [2.75, 3.05) is 0 Å². The summed E-state index contributed by atoms with van der Waals surface area (Å²) in [5, 5.41) is 4.27. The minimum Gasteiger partial charge on any atom is -0.233 e. The van der Waals surface area contributed by atoms with Crippen LogP contribution >= 0.6 is 0 Å². The molecule has 0 aliphatic carbocycles. The van der Waals surface area contributed by atoms with Gasteiger partial charge >= 0.3 is 0 Å². The number of aryl methyl sites for hydroxylation is 2. The van der Waals surface area contributed by atoms with Crippen molar-refractivity contribution in [1.82, 2.24) is 14.6 Å². The fraction of sp³-hybridized carbons (Fsp3) is 0.600. The Bertz CT molecular complexity index is 470. The van der Waals surface area contributed by atoms with Gasteiger partial charge in [0.05, 0.1) is 6.20 Å². The third-order valence-electron chi connectivity index (χ3n) is 2.44. The highest BCUT2D eigenvalue weighted by Gasteiger charge is 2.08. The summed E-state index contributed by atoms with van der Waals surface area (Å²) in [6, 6.07) is 2.10. The molecule has 0 aliphatic heterocycles. The van der Waals surface area contributed by atoms with E-state index in [1.54, 1.807) is 0 Å². The van der Waals surface area contributed by atoms with E-state index in [0.29, 0.717) is 5.92 Å². The Kier molecular flexibility index (Phi) is 7.25. The largest absolute Gasteiger partial charge is 0.233 e. The number of hydrogen-bond acceptors (Lipinski definition) is 2. The first-order valence-electron chi connectivity index (χ1n) is 6.91. The molecule has 3 heteroatoms. The van der Waals surface area contributed by atoms with E-state index in [2.05, 4.69) is 36.9 Å². The van der Waals surface area contributed by atoms with Crippen LogP contribution < -0.4 is 0 Å². The minimum absolute atomic E-state index is 0.466. The molecule has 102 valence electrons. The molecule has 2 heterocycles. The monoisotopic (exact) mass is 249 g/mol. The van der Waals surface area contributed by atoms with E-state index < -0.39 is 0 Å². The van der Waals surface area contributed by atoms with E-state index in [9.17, 15) is 0 Å². The predicted molar refractivity (Wildman–Crippen MR) is 79.2 cm³/mol. The molecule has 0 fully saturated rings. The van der Waals surface area contributed by atoms with Gasteiger partial charge in [0.15, 0.2) is 5.65 Å². The van der Waals surface area contributed by atoms with E-state index in [-0.39, 0.29) is 0 Å². The Hall–Kier alpha value is -1.38. The van der Waals surface area contributed by atoms with Gasteiger partial charge in [-0.15, -0.1) is 0 Å². The van der Waals surface area contributed by atoms with Crippen molar-refractivity contribution in [2.45, 2.75) is 61.3 Å². The number of rotatable bonds is 1. The van der Waals surface area contributed by atoms with Crippen LogP contribution in [0.1, 0.15) is 64.4 Å². The van der Waals surface area contributed by atoms with E-state index in [1.165, 1.54) is 0 Å². The molecule has 2 rings (SSSR count). The van der Waals surface area contributed by atoms with Crippen LogP contribution in [0, 0.1) is 13.8 Å². The van der Waals surface area contributed by atoms with Crippen LogP contribution in [0.25, 0.3) is 5.65 Å². The number of aromatic nitrogens is 3. The molecule has 0 saturated heterocycles. The Morgan fingerprint density at radius 2 is 1.61 bits per heavy atom. The molecule has 2 aromatic heterocycles. The lowest BCUT2D eigenvalue weighted by molar-refractivity contribution is 0.796. The van der Waals surface area contributed by atoms with Gasteiger partial charge in [-0.05, 0) is 25.8 Å². The smallest absolute Gasteiger partial charge is 0.158 e. The van der Waals surface area contributed by atoms with Crippen LogP contribution in [0.3, 0.4) is 0 Å². The third kappa shape index (κ3) is 3.56. The van der Waals surface area contributed by atoms with Crippen molar-refractivity contribution >= 4 is 5.65 Å². The maximum atomic E-state index is 4.60. The first-order valence-corrected chi connectivity index (χ1v) is 6.91. The van der Waals surface area contributed by atoms with Crippen LogP contribution in [-0.4, -0.2) is 14.6 Å². The summed E-state index contributed by atoms with van der Waals surface area (Å²) in [7, 11) is 0. The van der Waals surface area contributed by atoms with Gasteiger partial charge in [-0.2, -0.15) is 5.10 Å². The quantitative estimate of drug-likeness (QED) is 0.743. The maximum Gasteiger partial charge on any atom is 0.158 e. The van der Waals surface area contributed by atoms with Crippen molar-refractivity contribution in [3.63, 3.8) is 0 Å². The highest BCUT2D eigenvalue weighted by Crippen LogP contribution is 2.16. The summed E-state index contributed by atoms with van der Waals surface area (Å²) in [5.74, 6) is 0.466. The summed E-state index contributed by atoms with van der Waals surface area (Å²) < 4.78 is 1.89. The maximum absolute atomic E-state index is 4.60. The van der Waals surface area contributed by atoms with Crippen molar-refractivity contribution < 1.29 is 0 Å². The summed E-state index contributed by atoms with van der Waals surface area (Å²) in [5.41, 5.74) is 4.40. The second kappa shape index (κ2) is 7.85. The Balaban J connectivity index is 0.000000659. The lowest BCUT2D eigenvalue weighted by Crippen LogP contribution is -2.01. The van der Waals surface area contributed by atoms with Gasteiger partial charge < -0.3 is 0 Å². The third-order valence-corrected chi connectivity index (χ3v) is 2.44. The summed E-state index contributed by atoms with van der Waals surface area (Å²) in [4.78, 5) is 4.60. The zero-order chi connectivity index (χ0) is 14.3. The van der Waals surface area contributed by atoms with Crippen molar-refractivity contribution in [3.8, 4) is 0 Å². The highest BCUT2D eigenvalue weighted by atomic mass is 15.2. The second-order valence-electron chi connectivity index (χ2n) is 4.04. The molecule has 18 heavy (non-hydrogen) atoms. The van der Waals surface area contributed by atoms with Gasteiger partial charge in [0.25, 0.3) is 0 Å². The molecule has 0 aliphatic rings. The average molecular weight is 249 g/mol. The van der Waals surface area contributed by atoms with Gasteiger partial charge in [-0.1, -0.05) is 41.5 Å². The SMILES string of the molecule is CC.CC.Cc1cnn2c(C)cc(C(C)C)nc12. The van der Waals surface area contributed by atoms with Crippen LogP contribution in [0.15, 0.2) is 12.3 Å². The van der Waals surface area contributed by atoms with Crippen molar-refractivity contribution in [1.29, 1.82) is 0 Å². The van der Waals surface area contributed by atoms with E-state index >= 15 is 0 Å². The first kappa shape index (κ1) is 16.6. The molecule has 0 saturated carbocycles. The number of hydrogen-bond donors (Lipinski definition) is 0. The van der Waals surface area contributed by atoms with Gasteiger partial charge in [0, 0.05) is 17.0 Å². The molecule has 0 amide bonds. The fourth-order valence-electron chi connectivity index (χ4n) is 1.54. The Morgan fingerprint density at radius 3 is 2.11 bits per heavy atom. The zero-order valence-electron chi connectivity index (χ0n) is 13.1. The molecule has 0 radical (unpaired) electrons. The molecular formula is C15H27N3. The van der Waals surface area contributed by atoms with E-state index in [1.807, 2.05) is 45.3 Å². The number of fused-ring (bicyclic) bond motifs is 1. The zero-order valence-corrected chi connectivity index (χ0v) is 13.1. The molecule has 0 aromatic carbocycles. The normalized spacial score (nSPS) is 9.61. The van der Waals surface area contributed by atoms with Crippen LogP contribution in [-0.2, 0) is 0 Å². The van der Waals surface area contributed by atoms with Gasteiger partial charge in [0.1, 0.15) is 0 Å². The van der Waals surface area contributed by atoms with Crippen LogP contribution in [0.2, 0.25) is 0 Å². The molecule has 0 N–H and O–H groups in total. The molecule has 3 nitrogen and oxygen atoms in total. The lowest BCUT2D eigenvalue weighted by Gasteiger charge is -2.07. The Labute approximate surface area is 111 Å². The average Bonchev–Trinajstić information content (AvgIpc) is 2.77. The molecule has 0 atom stereocenters. The molecule has 0 unspecified atom stereocenters. The van der Waals surface area contributed by atoms with Gasteiger partial charge in [-0.25, -0.2) is 9.50 Å². The summed E-state index contributed by atoms with van der Waals surface area (Å²) >= 11 is 0. The summed E-state index contributed by atoms with van der Waals surface area (Å²) in [6.07, 6.45) is 1.86. The minimum atomic E-state index is 0.466. The summed E-state index contributed by atoms with van der Waals surface area (Å²) in [6.45, 7) is 16.4. The Morgan fingerprint density at radius 1 is 1.06 bits per heavy atom. The standard InChI is InChI=1S/C11H15N3.2C2H6/c1-7(2)10-5-9(4)14-11(13-10)8(3)6-12-14;2*1-2/h5-7H,1-4H3;2*1-2H3. The fourth-order valence-corrected chi connectivity index (χ4v) is 1.54. The van der Waals surface area contributed by atoms with Crippen molar-refractivity contribution in [2.24, 2.45) is 0 Å². The van der Waals surface area contributed by atoms with Gasteiger partial charge in [0.2, 0.25) is 0 Å². The highest BCUT2D eigenvalue weighted by molar-refractivity contribution is 5.47. The topological polar surface area (TPSA) is 30.2 Å². The molecule has 0 spiro atoms. The second-order valence-corrected chi connectivity index (χ2v) is 4.04. The van der Waals surface area contributed by atoms with Crippen LogP contribution in [0.4, 0.5) is 0 Å². The molecule has 2 aromatic rings. The van der Waals surface area contributed by atoms with E-state index in [4.69, 9.17) is 0 Å². The van der Waals surface area contributed by atoms with Gasteiger partial charge in [-0.3, -0.25) is 0 Å². The van der Waals surface area contributed by atoms with E-state index in [0.717, 1.165) is 22.6 Å². The molecule has 0 bridgehead atoms. The predicted octanol–water partition coefficient (Wildman–Crippen LogP) is 4.52. The van der Waals surface area contributed by atoms with Crippen molar-refractivity contribution in [3.05, 3.63) is 29.2 Å². The lowest BCUT2D eigenvalue weighted by atomic mass is 10.1. The first-order chi connectivity index (χ1) is 8.59. The molecular weight excluding hydrogens is 222 g/mol. The number of nitrogens with zero attached hydrogens (tertiary/aromatic N) is 3.